The summed E-state index contributed by atoms with van der Waals surface area (Å²) in [4.78, 5) is 34.3. The maximum absolute atomic E-state index is 13.1. The van der Waals surface area contributed by atoms with Crippen LogP contribution in [-0.4, -0.2) is 34.0 Å². The zero-order chi connectivity index (χ0) is 19.6. The van der Waals surface area contributed by atoms with Crippen molar-refractivity contribution in [1.82, 2.24) is 14.4 Å². The van der Waals surface area contributed by atoms with Crippen molar-refractivity contribution in [1.29, 1.82) is 5.26 Å². The zero-order valence-electron chi connectivity index (χ0n) is 15.1. The molecule has 27 heavy (non-hydrogen) atoms. The number of nitrogens with zero attached hydrogens (tertiary/aromatic N) is 4. The number of carbonyl (C=O) groups excluding carboxylic acids is 1. The molecule has 8 heteroatoms. The standard InChI is InChI=1S/C19H17N5O3/c1-4-27-19(26)16-13-6-5-7-14(21-3)24(13)18(25)12(10-20)15(16)17-11(2)22-8-9-23-17/h5-9,21H,4H2,1-3H3. The van der Waals surface area contributed by atoms with Gasteiger partial charge in [0.2, 0.25) is 0 Å². The van der Waals surface area contributed by atoms with Crippen LogP contribution in [0.3, 0.4) is 0 Å². The summed E-state index contributed by atoms with van der Waals surface area (Å²) < 4.78 is 6.51. The first kappa shape index (κ1) is 18.1. The van der Waals surface area contributed by atoms with E-state index in [1.165, 1.54) is 16.8 Å². The second-order valence-corrected chi connectivity index (χ2v) is 5.63. The Bertz CT molecular complexity index is 1140. The van der Waals surface area contributed by atoms with Crippen LogP contribution in [0.25, 0.3) is 16.8 Å². The number of ether oxygens (including phenoxy) is 1. The van der Waals surface area contributed by atoms with Crippen LogP contribution in [0.15, 0.2) is 35.4 Å². The highest BCUT2D eigenvalue weighted by Gasteiger charge is 2.27. The number of nitrogens with one attached hydrogen (secondary N) is 1. The number of carbonyl (C=O) groups is 1. The lowest BCUT2D eigenvalue weighted by Gasteiger charge is -2.17. The van der Waals surface area contributed by atoms with E-state index in [1.807, 2.05) is 6.07 Å². The van der Waals surface area contributed by atoms with E-state index in [2.05, 4.69) is 15.3 Å². The van der Waals surface area contributed by atoms with Gasteiger partial charge in [0.25, 0.3) is 5.56 Å². The predicted molar refractivity (Wildman–Crippen MR) is 99.6 cm³/mol. The van der Waals surface area contributed by atoms with Gasteiger partial charge in [0.1, 0.15) is 17.5 Å². The monoisotopic (exact) mass is 363 g/mol. The third-order valence-electron chi connectivity index (χ3n) is 4.13. The van der Waals surface area contributed by atoms with E-state index in [9.17, 15) is 14.9 Å². The highest BCUT2D eigenvalue weighted by atomic mass is 16.5. The van der Waals surface area contributed by atoms with Crippen molar-refractivity contribution in [2.45, 2.75) is 13.8 Å². The molecule has 3 rings (SSSR count). The maximum atomic E-state index is 13.1. The maximum Gasteiger partial charge on any atom is 0.341 e. The normalized spacial score (nSPS) is 10.4. The van der Waals surface area contributed by atoms with E-state index >= 15 is 0 Å². The molecule has 0 aliphatic carbocycles. The molecule has 3 aromatic rings. The summed E-state index contributed by atoms with van der Waals surface area (Å²) in [6, 6.07) is 6.95. The van der Waals surface area contributed by atoms with Crippen LogP contribution in [0.4, 0.5) is 5.82 Å². The van der Waals surface area contributed by atoms with Gasteiger partial charge in [-0.05, 0) is 26.0 Å². The molecular weight excluding hydrogens is 346 g/mol. The fourth-order valence-electron chi connectivity index (χ4n) is 2.99. The van der Waals surface area contributed by atoms with Crippen LogP contribution in [0.1, 0.15) is 28.5 Å². The molecule has 0 saturated heterocycles. The number of hydrogen-bond acceptors (Lipinski definition) is 7. The fourth-order valence-corrected chi connectivity index (χ4v) is 2.99. The van der Waals surface area contributed by atoms with Gasteiger partial charge in [0, 0.05) is 25.0 Å². The molecule has 0 aromatic carbocycles. The quantitative estimate of drug-likeness (QED) is 0.707. The van der Waals surface area contributed by atoms with Crippen LogP contribution in [0.5, 0.6) is 0 Å². The van der Waals surface area contributed by atoms with Gasteiger partial charge >= 0.3 is 5.97 Å². The summed E-state index contributed by atoms with van der Waals surface area (Å²) in [6.07, 6.45) is 2.95. The molecule has 0 aliphatic rings. The summed E-state index contributed by atoms with van der Waals surface area (Å²) in [5.41, 5.74) is 0.616. The number of aryl methyl sites for hydroxylation is 1. The average molecular weight is 363 g/mol. The van der Waals surface area contributed by atoms with E-state index in [-0.39, 0.29) is 23.3 Å². The minimum Gasteiger partial charge on any atom is -0.462 e. The highest BCUT2D eigenvalue weighted by Crippen LogP contribution is 2.30. The van der Waals surface area contributed by atoms with Gasteiger partial charge in [-0.15, -0.1) is 0 Å². The number of anilines is 1. The topological polar surface area (TPSA) is 109 Å². The Kier molecular flexibility index (Phi) is 4.86. The number of esters is 1. The van der Waals surface area contributed by atoms with Gasteiger partial charge in [0.15, 0.2) is 0 Å². The number of nitriles is 1. The molecule has 3 heterocycles. The Morgan fingerprint density at radius 1 is 1.33 bits per heavy atom. The van der Waals surface area contributed by atoms with Gasteiger partial charge in [-0.25, -0.2) is 4.79 Å². The van der Waals surface area contributed by atoms with Gasteiger partial charge < -0.3 is 10.1 Å². The summed E-state index contributed by atoms with van der Waals surface area (Å²) in [6.45, 7) is 3.54. The van der Waals surface area contributed by atoms with Crippen molar-refractivity contribution >= 4 is 17.3 Å². The van der Waals surface area contributed by atoms with Crippen LogP contribution < -0.4 is 10.9 Å². The summed E-state index contributed by atoms with van der Waals surface area (Å²) in [5, 5.41) is 12.6. The number of rotatable bonds is 4. The van der Waals surface area contributed by atoms with E-state index < -0.39 is 11.5 Å². The molecular formula is C19H17N5O3. The van der Waals surface area contributed by atoms with Gasteiger partial charge in [-0.2, -0.15) is 5.26 Å². The number of pyridine rings is 2. The second-order valence-electron chi connectivity index (χ2n) is 5.63. The Morgan fingerprint density at radius 2 is 2.07 bits per heavy atom. The van der Waals surface area contributed by atoms with Crippen molar-refractivity contribution < 1.29 is 9.53 Å². The third kappa shape index (κ3) is 2.89. The average Bonchev–Trinajstić information content (AvgIpc) is 2.67. The van der Waals surface area contributed by atoms with Crippen LogP contribution in [-0.2, 0) is 4.74 Å². The molecule has 136 valence electrons. The van der Waals surface area contributed by atoms with Gasteiger partial charge in [-0.1, -0.05) is 6.07 Å². The molecule has 0 saturated carbocycles. The molecule has 1 N–H and O–H groups in total. The van der Waals surface area contributed by atoms with Crippen molar-refractivity contribution in [3.05, 3.63) is 57.8 Å². The summed E-state index contributed by atoms with van der Waals surface area (Å²) >= 11 is 0. The first-order chi connectivity index (χ1) is 13.0. The Balaban J connectivity index is 2.60. The molecule has 0 spiro atoms. The first-order valence-corrected chi connectivity index (χ1v) is 8.29. The lowest BCUT2D eigenvalue weighted by Crippen LogP contribution is -2.24. The Hall–Kier alpha value is -3.73. The first-order valence-electron chi connectivity index (χ1n) is 8.29. The zero-order valence-corrected chi connectivity index (χ0v) is 15.1. The SMILES string of the molecule is CCOC(=O)c1c(-c2nccnc2C)c(C#N)c(=O)n2c(NC)cccc12. The van der Waals surface area contributed by atoms with Crippen LogP contribution in [0, 0.1) is 18.3 Å². The van der Waals surface area contributed by atoms with Crippen molar-refractivity contribution in [2.24, 2.45) is 0 Å². The molecule has 0 unspecified atom stereocenters. The minimum atomic E-state index is -0.639. The van der Waals surface area contributed by atoms with Gasteiger partial charge in [-0.3, -0.25) is 19.2 Å². The fraction of sp³-hybridized carbons (Fsp3) is 0.211. The number of aromatic nitrogens is 3. The summed E-state index contributed by atoms with van der Waals surface area (Å²) in [7, 11) is 1.65. The molecule has 8 nitrogen and oxygen atoms in total. The largest absolute Gasteiger partial charge is 0.462 e. The second kappa shape index (κ2) is 7.25. The molecule has 0 amide bonds. The van der Waals surface area contributed by atoms with E-state index in [1.54, 1.807) is 39.1 Å². The Morgan fingerprint density at radius 3 is 2.70 bits per heavy atom. The molecule has 0 fully saturated rings. The molecule has 0 atom stereocenters. The molecule has 0 aliphatic heterocycles. The Labute approximate surface area is 155 Å². The van der Waals surface area contributed by atoms with E-state index in [0.717, 1.165) is 0 Å². The van der Waals surface area contributed by atoms with Crippen molar-refractivity contribution in [3.63, 3.8) is 0 Å². The number of hydrogen-bond donors (Lipinski definition) is 1. The van der Waals surface area contributed by atoms with Gasteiger partial charge in [0.05, 0.1) is 29.1 Å². The smallest absolute Gasteiger partial charge is 0.341 e. The van der Waals surface area contributed by atoms with Crippen molar-refractivity contribution in [3.8, 4) is 17.3 Å². The molecule has 0 radical (unpaired) electrons. The predicted octanol–water partition coefficient (Wildman–Crippen LogP) is 2.16. The minimum absolute atomic E-state index is 0.105. The van der Waals surface area contributed by atoms with E-state index in [0.29, 0.717) is 22.7 Å². The lowest BCUT2D eigenvalue weighted by molar-refractivity contribution is 0.0529. The van der Waals surface area contributed by atoms with E-state index in [4.69, 9.17) is 4.74 Å². The summed E-state index contributed by atoms with van der Waals surface area (Å²) in [5.74, 6) is -0.193. The third-order valence-corrected chi connectivity index (χ3v) is 4.13. The van der Waals surface area contributed by atoms with Crippen molar-refractivity contribution in [2.75, 3.05) is 19.0 Å². The van der Waals surface area contributed by atoms with Crippen LogP contribution >= 0.6 is 0 Å². The molecule has 0 bridgehead atoms. The van der Waals surface area contributed by atoms with Crippen LogP contribution in [0.2, 0.25) is 0 Å². The number of fused-ring (bicyclic) bond motifs is 1. The molecule has 3 aromatic heterocycles. The lowest BCUT2D eigenvalue weighted by atomic mass is 9.97. The highest BCUT2D eigenvalue weighted by molar-refractivity contribution is 6.05.